The number of piperidine rings is 1. The number of thiophene rings is 1. The van der Waals surface area contributed by atoms with Crippen LogP contribution in [0, 0.1) is 13.8 Å². The number of nitrogens with zero attached hydrogens (tertiary/aromatic N) is 3. The van der Waals surface area contributed by atoms with Gasteiger partial charge >= 0.3 is 12.0 Å². The van der Waals surface area contributed by atoms with Crippen molar-refractivity contribution in [3.8, 4) is 6.01 Å². The Bertz CT molecular complexity index is 922. The van der Waals surface area contributed by atoms with Crippen molar-refractivity contribution in [2.75, 3.05) is 20.2 Å². The highest BCUT2D eigenvalue weighted by Crippen LogP contribution is 2.28. The average Bonchev–Trinajstić information content (AvgIpc) is 3.11. The van der Waals surface area contributed by atoms with Crippen molar-refractivity contribution in [2.45, 2.75) is 37.7 Å². The molecular formula is C17H21N3O5S2. The van der Waals surface area contributed by atoms with E-state index in [9.17, 15) is 13.2 Å². The van der Waals surface area contributed by atoms with Gasteiger partial charge < -0.3 is 9.47 Å². The van der Waals surface area contributed by atoms with Gasteiger partial charge in [0.1, 0.15) is 15.9 Å². The fourth-order valence-electron chi connectivity index (χ4n) is 3.00. The van der Waals surface area contributed by atoms with Crippen LogP contribution in [-0.4, -0.2) is 55.0 Å². The van der Waals surface area contributed by atoms with Gasteiger partial charge in [-0.25, -0.2) is 23.2 Å². The molecule has 1 unspecified atom stereocenters. The van der Waals surface area contributed by atoms with Gasteiger partial charge in [-0.3, -0.25) is 0 Å². The fraction of sp³-hybridized carbons (Fsp3) is 0.471. The van der Waals surface area contributed by atoms with E-state index < -0.39 is 16.0 Å². The number of hydrogen-bond acceptors (Lipinski definition) is 8. The van der Waals surface area contributed by atoms with Crippen LogP contribution >= 0.6 is 11.3 Å². The van der Waals surface area contributed by atoms with Crippen LogP contribution in [0.2, 0.25) is 0 Å². The SMILES string of the molecule is COC(=O)c1sccc1S(=O)(=O)N1CCCC(Oc2nc(C)cc(C)n2)C1. The molecule has 0 aliphatic carbocycles. The maximum absolute atomic E-state index is 13.0. The zero-order valence-corrected chi connectivity index (χ0v) is 17.0. The average molecular weight is 412 g/mol. The van der Waals surface area contributed by atoms with E-state index in [0.717, 1.165) is 22.7 Å². The zero-order chi connectivity index (χ0) is 19.6. The van der Waals surface area contributed by atoms with E-state index in [-0.39, 0.29) is 28.4 Å². The number of esters is 1. The summed E-state index contributed by atoms with van der Waals surface area (Å²) in [7, 11) is -2.59. The Morgan fingerprint density at radius 1 is 1.30 bits per heavy atom. The Morgan fingerprint density at radius 2 is 2.00 bits per heavy atom. The van der Waals surface area contributed by atoms with Crippen LogP contribution in [0.15, 0.2) is 22.4 Å². The van der Waals surface area contributed by atoms with E-state index in [2.05, 4.69) is 14.7 Å². The molecule has 0 saturated carbocycles. The molecule has 0 N–H and O–H groups in total. The smallest absolute Gasteiger partial charge is 0.349 e. The molecule has 1 atom stereocenters. The number of aryl methyl sites for hydroxylation is 2. The first-order valence-electron chi connectivity index (χ1n) is 8.46. The highest BCUT2D eigenvalue weighted by molar-refractivity contribution is 7.89. The second kappa shape index (κ2) is 7.91. The molecule has 2 aromatic rings. The number of hydrogen-bond donors (Lipinski definition) is 0. The van der Waals surface area contributed by atoms with Gasteiger partial charge in [0.2, 0.25) is 10.0 Å². The predicted molar refractivity (Wildman–Crippen MR) is 99.6 cm³/mol. The van der Waals surface area contributed by atoms with Gasteiger partial charge in [0.25, 0.3) is 0 Å². The van der Waals surface area contributed by atoms with Gasteiger partial charge in [-0.15, -0.1) is 11.3 Å². The molecule has 3 rings (SSSR count). The number of rotatable bonds is 5. The van der Waals surface area contributed by atoms with Crippen LogP contribution in [-0.2, 0) is 14.8 Å². The first-order valence-corrected chi connectivity index (χ1v) is 10.8. The maximum Gasteiger partial charge on any atom is 0.349 e. The molecule has 8 nitrogen and oxygen atoms in total. The summed E-state index contributed by atoms with van der Waals surface area (Å²) in [5, 5.41) is 1.57. The van der Waals surface area contributed by atoms with Crippen molar-refractivity contribution in [2.24, 2.45) is 0 Å². The van der Waals surface area contributed by atoms with E-state index in [1.54, 1.807) is 5.38 Å². The fourth-order valence-corrected chi connectivity index (χ4v) is 5.81. The molecule has 1 saturated heterocycles. The largest absolute Gasteiger partial charge is 0.465 e. The highest BCUT2D eigenvalue weighted by Gasteiger charge is 2.35. The number of carbonyl (C=O) groups is 1. The molecule has 0 radical (unpaired) electrons. The summed E-state index contributed by atoms with van der Waals surface area (Å²) in [5.41, 5.74) is 1.58. The minimum Gasteiger partial charge on any atom is -0.465 e. The molecule has 0 bridgehead atoms. The summed E-state index contributed by atoms with van der Waals surface area (Å²) in [6.07, 6.45) is 0.998. The number of ether oxygens (including phenoxy) is 2. The van der Waals surface area contributed by atoms with Gasteiger partial charge in [-0.1, -0.05) is 0 Å². The standard InChI is InChI=1S/C17H21N3O5S2/c1-11-9-12(2)19-17(18-11)25-13-5-4-7-20(10-13)27(22,23)14-6-8-26-15(14)16(21)24-3/h6,8-9,13H,4-5,7,10H2,1-3H3. The van der Waals surface area contributed by atoms with Crippen LogP contribution < -0.4 is 4.74 Å². The second-order valence-corrected chi connectivity index (χ2v) is 9.11. The molecule has 0 spiro atoms. The lowest BCUT2D eigenvalue weighted by Crippen LogP contribution is -2.44. The lowest BCUT2D eigenvalue weighted by atomic mass is 10.1. The molecule has 10 heteroatoms. The third kappa shape index (κ3) is 4.28. The minimum atomic E-state index is -3.82. The Hall–Kier alpha value is -2.04. The summed E-state index contributed by atoms with van der Waals surface area (Å²) in [4.78, 5) is 20.4. The summed E-state index contributed by atoms with van der Waals surface area (Å²) < 4.78 is 37.9. The molecule has 2 aromatic heterocycles. The molecule has 3 heterocycles. The van der Waals surface area contributed by atoms with E-state index in [1.807, 2.05) is 19.9 Å². The molecule has 1 aliphatic heterocycles. The summed E-state index contributed by atoms with van der Waals surface area (Å²) in [5.74, 6) is -0.656. The third-order valence-corrected chi connectivity index (χ3v) is 7.12. The van der Waals surface area contributed by atoms with Gasteiger partial charge in [-0.05, 0) is 44.2 Å². The van der Waals surface area contributed by atoms with Crippen LogP contribution in [0.25, 0.3) is 0 Å². The van der Waals surface area contributed by atoms with Crippen molar-refractivity contribution in [1.29, 1.82) is 0 Å². The lowest BCUT2D eigenvalue weighted by Gasteiger charge is -2.31. The number of sulfonamides is 1. The normalized spacial score (nSPS) is 18.3. The topological polar surface area (TPSA) is 98.7 Å². The summed E-state index contributed by atoms with van der Waals surface area (Å²) >= 11 is 1.05. The second-order valence-electron chi connectivity index (χ2n) is 6.28. The van der Waals surface area contributed by atoms with E-state index in [0.29, 0.717) is 19.4 Å². The monoisotopic (exact) mass is 411 g/mol. The van der Waals surface area contributed by atoms with Crippen LogP contribution in [0.3, 0.4) is 0 Å². The number of carbonyl (C=O) groups excluding carboxylic acids is 1. The van der Waals surface area contributed by atoms with Crippen LogP contribution in [0.4, 0.5) is 0 Å². The van der Waals surface area contributed by atoms with Crippen molar-refractivity contribution in [3.63, 3.8) is 0 Å². The summed E-state index contributed by atoms with van der Waals surface area (Å²) in [6.45, 7) is 4.25. The lowest BCUT2D eigenvalue weighted by molar-refractivity contribution is 0.0602. The van der Waals surface area contributed by atoms with Gasteiger partial charge in [0.15, 0.2) is 0 Å². The van der Waals surface area contributed by atoms with E-state index >= 15 is 0 Å². The van der Waals surface area contributed by atoms with E-state index in [4.69, 9.17) is 4.74 Å². The molecule has 1 fully saturated rings. The zero-order valence-electron chi connectivity index (χ0n) is 15.3. The van der Waals surface area contributed by atoms with Crippen molar-refractivity contribution in [1.82, 2.24) is 14.3 Å². The first kappa shape index (κ1) is 19.7. The highest BCUT2D eigenvalue weighted by atomic mass is 32.2. The van der Waals surface area contributed by atoms with Crippen molar-refractivity contribution in [3.05, 3.63) is 33.8 Å². The molecule has 0 aromatic carbocycles. The van der Waals surface area contributed by atoms with Gasteiger partial charge in [0.05, 0.1) is 13.7 Å². The Balaban J connectivity index is 1.79. The number of aromatic nitrogens is 2. The Morgan fingerprint density at radius 3 is 2.67 bits per heavy atom. The molecular weight excluding hydrogens is 390 g/mol. The van der Waals surface area contributed by atoms with Crippen molar-refractivity contribution < 1.29 is 22.7 Å². The Kier molecular flexibility index (Phi) is 5.78. The molecule has 0 amide bonds. The van der Waals surface area contributed by atoms with Crippen molar-refractivity contribution >= 4 is 27.3 Å². The van der Waals surface area contributed by atoms with Crippen LogP contribution in [0.5, 0.6) is 6.01 Å². The number of methoxy groups -OCH3 is 1. The van der Waals surface area contributed by atoms with Crippen LogP contribution in [0.1, 0.15) is 33.9 Å². The molecule has 146 valence electrons. The third-order valence-electron chi connectivity index (χ3n) is 4.19. The molecule has 1 aliphatic rings. The van der Waals surface area contributed by atoms with Gasteiger partial charge in [0, 0.05) is 17.9 Å². The predicted octanol–water partition coefficient (Wildman–Crippen LogP) is 2.17. The van der Waals surface area contributed by atoms with E-state index in [1.165, 1.54) is 17.5 Å². The Labute approximate surface area is 162 Å². The first-order chi connectivity index (χ1) is 12.8. The maximum atomic E-state index is 13.0. The minimum absolute atomic E-state index is 0.0253. The van der Waals surface area contributed by atoms with Gasteiger partial charge in [-0.2, -0.15) is 4.31 Å². The quantitative estimate of drug-likeness (QED) is 0.695. The molecule has 27 heavy (non-hydrogen) atoms. The summed E-state index contributed by atoms with van der Waals surface area (Å²) in [6, 6.07) is 3.53.